The third-order valence-corrected chi connectivity index (χ3v) is 4.10. The molecule has 0 radical (unpaired) electrons. The van der Waals surface area contributed by atoms with Crippen molar-refractivity contribution in [3.8, 4) is 0 Å². The van der Waals surface area contributed by atoms with Gasteiger partial charge in [0.1, 0.15) is 5.15 Å². The summed E-state index contributed by atoms with van der Waals surface area (Å²) in [7, 11) is 0. The topological polar surface area (TPSA) is 54.0 Å². The second kappa shape index (κ2) is 5.75. The van der Waals surface area contributed by atoms with Crippen molar-refractivity contribution in [1.29, 1.82) is 0 Å². The Morgan fingerprint density at radius 1 is 1.29 bits per heavy atom. The molecule has 0 bridgehead atoms. The molecule has 2 heterocycles. The summed E-state index contributed by atoms with van der Waals surface area (Å²) >= 11 is 11.9. The summed E-state index contributed by atoms with van der Waals surface area (Å²) < 4.78 is 0. The molecule has 116 valence electrons. The van der Waals surface area contributed by atoms with Crippen LogP contribution in [0.3, 0.4) is 0 Å². The molecule has 1 aliphatic heterocycles. The minimum atomic E-state index is -0.206. The van der Waals surface area contributed by atoms with E-state index in [-0.39, 0.29) is 28.2 Å². The minimum absolute atomic E-state index is 0.0284. The van der Waals surface area contributed by atoms with Crippen LogP contribution in [-0.2, 0) is 0 Å². The Kier molecular flexibility index (Phi) is 4.52. The van der Waals surface area contributed by atoms with Gasteiger partial charge in [-0.3, -0.25) is 4.79 Å². The Hall–Kier alpha value is -0.840. The molecule has 0 aliphatic carbocycles. The molecule has 0 spiro atoms. The molecule has 1 amide bonds. The Morgan fingerprint density at radius 3 is 2.43 bits per heavy atom. The predicted molar refractivity (Wildman–Crippen MR) is 86.0 cm³/mol. The number of hydrogen-bond donors (Lipinski definition) is 2. The van der Waals surface area contributed by atoms with Crippen molar-refractivity contribution in [3.63, 3.8) is 0 Å². The molecule has 2 rings (SSSR count). The molecule has 1 saturated heterocycles. The zero-order chi connectivity index (χ0) is 15.8. The van der Waals surface area contributed by atoms with Gasteiger partial charge in [-0.1, -0.05) is 23.2 Å². The van der Waals surface area contributed by atoms with Gasteiger partial charge in [0, 0.05) is 23.3 Å². The van der Waals surface area contributed by atoms with E-state index in [1.54, 1.807) is 0 Å². The number of piperidine rings is 1. The van der Waals surface area contributed by atoms with Crippen LogP contribution < -0.4 is 10.6 Å². The van der Waals surface area contributed by atoms with Gasteiger partial charge in [-0.15, -0.1) is 0 Å². The van der Waals surface area contributed by atoms with Crippen LogP contribution in [0.2, 0.25) is 10.2 Å². The Balaban J connectivity index is 2.14. The summed E-state index contributed by atoms with van der Waals surface area (Å²) in [5.74, 6) is -0.206. The lowest BCUT2D eigenvalue weighted by molar-refractivity contribution is 0.0873. The van der Waals surface area contributed by atoms with E-state index in [1.165, 1.54) is 12.3 Å². The van der Waals surface area contributed by atoms with Crippen molar-refractivity contribution in [2.75, 3.05) is 0 Å². The molecule has 1 fully saturated rings. The maximum atomic E-state index is 12.4. The van der Waals surface area contributed by atoms with Crippen molar-refractivity contribution in [2.45, 2.75) is 57.7 Å². The van der Waals surface area contributed by atoms with E-state index in [0.29, 0.717) is 10.6 Å². The van der Waals surface area contributed by atoms with Gasteiger partial charge in [0.15, 0.2) is 0 Å². The first kappa shape index (κ1) is 16.5. The fourth-order valence-electron chi connectivity index (χ4n) is 3.27. The first-order chi connectivity index (χ1) is 9.58. The number of amides is 1. The van der Waals surface area contributed by atoms with Gasteiger partial charge in [0.05, 0.1) is 10.6 Å². The highest BCUT2D eigenvalue weighted by molar-refractivity contribution is 6.35. The molecule has 0 atom stereocenters. The fourth-order valence-corrected chi connectivity index (χ4v) is 3.62. The highest BCUT2D eigenvalue weighted by atomic mass is 35.5. The molecule has 21 heavy (non-hydrogen) atoms. The van der Waals surface area contributed by atoms with Gasteiger partial charge in [-0.2, -0.15) is 0 Å². The van der Waals surface area contributed by atoms with Gasteiger partial charge in [-0.05, 0) is 46.6 Å². The highest BCUT2D eigenvalue weighted by Crippen LogP contribution is 2.29. The van der Waals surface area contributed by atoms with Crippen LogP contribution in [0.25, 0.3) is 0 Å². The average molecular weight is 330 g/mol. The van der Waals surface area contributed by atoms with E-state index >= 15 is 0 Å². The van der Waals surface area contributed by atoms with E-state index in [1.807, 2.05) is 0 Å². The van der Waals surface area contributed by atoms with Crippen LogP contribution >= 0.6 is 23.2 Å². The lowest BCUT2D eigenvalue weighted by Gasteiger charge is -2.46. The normalized spacial score (nSPS) is 21.0. The quantitative estimate of drug-likeness (QED) is 0.817. The van der Waals surface area contributed by atoms with Crippen molar-refractivity contribution in [3.05, 3.63) is 28.0 Å². The highest BCUT2D eigenvalue weighted by Gasteiger charge is 2.38. The molecule has 0 aromatic carbocycles. The van der Waals surface area contributed by atoms with Crippen molar-refractivity contribution >= 4 is 29.1 Å². The molecule has 4 nitrogen and oxygen atoms in total. The SMILES string of the molecule is CC1(C)CC(NC(=O)c2cc(Cl)ncc2Cl)CC(C)(C)N1. The van der Waals surface area contributed by atoms with Crippen molar-refractivity contribution in [2.24, 2.45) is 0 Å². The van der Waals surface area contributed by atoms with Crippen LogP contribution in [0.5, 0.6) is 0 Å². The monoisotopic (exact) mass is 329 g/mol. The maximum Gasteiger partial charge on any atom is 0.253 e. The minimum Gasteiger partial charge on any atom is -0.349 e. The molecule has 0 unspecified atom stereocenters. The number of hydrogen-bond acceptors (Lipinski definition) is 3. The third kappa shape index (κ3) is 4.31. The average Bonchev–Trinajstić information content (AvgIpc) is 2.27. The van der Waals surface area contributed by atoms with Crippen LogP contribution in [0.1, 0.15) is 50.9 Å². The zero-order valence-electron chi connectivity index (χ0n) is 12.8. The predicted octanol–water partition coefficient (Wildman–Crippen LogP) is 3.43. The number of nitrogens with zero attached hydrogens (tertiary/aromatic N) is 1. The lowest BCUT2D eigenvalue weighted by atomic mass is 9.79. The van der Waals surface area contributed by atoms with Gasteiger partial charge >= 0.3 is 0 Å². The first-order valence-corrected chi connectivity index (χ1v) is 7.75. The van der Waals surface area contributed by atoms with E-state index in [9.17, 15) is 4.79 Å². The molecule has 0 saturated carbocycles. The summed E-state index contributed by atoms with van der Waals surface area (Å²) in [6.07, 6.45) is 3.12. The number of pyridine rings is 1. The van der Waals surface area contributed by atoms with Crippen LogP contribution in [0, 0.1) is 0 Å². The van der Waals surface area contributed by atoms with Crippen LogP contribution in [-0.4, -0.2) is 28.0 Å². The van der Waals surface area contributed by atoms with Crippen molar-refractivity contribution in [1.82, 2.24) is 15.6 Å². The summed E-state index contributed by atoms with van der Waals surface area (Å²) in [6.45, 7) is 8.57. The molecular formula is C15H21Cl2N3O. The van der Waals surface area contributed by atoms with E-state index in [0.717, 1.165) is 12.8 Å². The molecule has 6 heteroatoms. The Morgan fingerprint density at radius 2 is 1.86 bits per heavy atom. The summed E-state index contributed by atoms with van der Waals surface area (Å²) in [5.41, 5.74) is 0.310. The smallest absolute Gasteiger partial charge is 0.253 e. The molecular weight excluding hydrogens is 309 g/mol. The number of aromatic nitrogens is 1. The molecule has 1 aromatic heterocycles. The zero-order valence-corrected chi connectivity index (χ0v) is 14.3. The van der Waals surface area contributed by atoms with Crippen LogP contribution in [0.15, 0.2) is 12.3 Å². The standard InChI is InChI=1S/C15H21Cl2N3O/c1-14(2)6-9(7-15(3,4)20-14)19-13(21)10-5-12(17)18-8-11(10)16/h5,8-9,20H,6-7H2,1-4H3,(H,19,21). The number of rotatable bonds is 2. The summed E-state index contributed by atoms with van der Waals surface area (Å²) in [4.78, 5) is 16.3. The maximum absolute atomic E-state index is 12.4. The van der Waals surface area contributed by atoms with E-state index in [2.05, 4.69) is 43.3 Å². The second-order valence-corrected chi connectivity index (χ2v) is 7.75. The largest absolute Gasteiger partial charge is 0.349 e. The Bertz CT molecular complexity index is 542. The van der Waals surface area contributed by atoms with Gasteiger partial charge in [0.25, 0.3) is 5.91 Å². The summed E-state index contributed by atoms with van der Waals surface area (Å²) in [5, 5.41) is 7.22. The van der Waals surface area contributed by atoms with Crippen molar-refractivity contribution < 1.29 is 4.79 Å². The number of halogens is 2. The lowest BCUT2D eigenvalue weighted by Crippen LogP contribution is -2.62. The Labute approximate surface area is 135 Å². The number of carbonyl (C=O) groups excluding carboxylic acids is 1. The fraction of sp³-hybridized carbons (Fsp3) is 0.600. The number of nitrogens with one attached hydrogen (secondary N) is 2. The van der Waals surface area contributed by atoms with Crippen LogP contribution in [0.4, 0.5) is 0 Å². The molecule has 1 aromatic rings. The summed E-state index contributed by atoms with van der Waals surface area (Å²) in [6, 6.07) is 1.59. The van der Waals surface area contributed by atoms with E-state index < -0.39 is 0 Å². The second-order valence-electron chi connectivity index (χ2n) is 6.96. The third-order valence-electron chi connectivity index (χ3n) is 3.59. The van der Waals surface area contributed by atoms with Gasteiger partial charge in [-0.25, -0.2) is 4.98 Å². The molecule has 2 N–H and O–H groups in total. The van der Waals surface area contributed by atoms with Gasteiger partial charge < -0.3 is 10.6 Å². The molecule has 1 aliphatic rings. The van der Waals surface area contributed by atoms with E-state index in [4.69, 9.17) is 23.2 Å². The first-order valence-electron chi connectivity index (χ1n) is 6.99. The van der Waals surface area contributed by atoms with Gasteiger partial charge in [0.2, 0.25) is 0 Å². The number of carbonyl (C=O) groups is 1.